The zero-order valence-corrected chi connectivity index (χ0v) is 29.8. The third kappa shape index (κ3) is 9.08. The Balaban J connectivity index is 1.61. The summed E-state index contributed by atoms with van der Waals surface area (Å²) in [5.41, 5.74) is -0.907. The van der Waals surface area contributed by atoms with Crippen molar-refractivity contribution in [2.45, 2.75) is 128 Å². The fourth-order valence-electron chi connectivity index (χ4n) is 6.87. The largest absolute Gasteiger partial charge is 0.457 e. The number of aliphatic hydroxyl groups excluding tert-OH is 2. The van der Waals surface area contributed by atoms with Gasteiger partial charge in [0.1, 0.15) is 24.4 Å². The summed E-state index contributed by atoms with van der Waals surface area (Å²) in [6.45, 7) is 11.5. The molecule has 11 atom stereocenters. The van der Waals surface area contributed by atoms with Crippen LogP contribution in [-0.2, 0) is 30.3 Å². The van der Waals surface area contributed by atoms with Gasteiger partial charge < -0.3 is 34.3 Å². The van der Waals surface area contributed by atoms with Crippen molar-refractivity contribution in [2.75, 3.05) is 7.11 Å². The molecule has 1 amide bonds. The van der Waals surface area contributed by atoms with Crippen LogP contribution in [0.25, 0.3) is 0 Å². The Morgan fingerprint density at radius 2 is 1.88 bits per heavy atom. The number of carbonyl (C=O) groups is 2. The molecule has 2 fully saturated rings. The molecule has 3 aliphatic heterocycles. The maximum Gasteiger partial charge on any atom is 0.411 e. The molecule has 3 heterocycles. The Morgan fingerprint density at radius 1 is 1.19 bits per heavy atom. The molecule has 0 spiro atoms. The molecule has 0 radical (unpaired) electrons. The normalized spacial score (nSPS) is 36.3. The van der Waals surface area contributed by atoms with Crippen LogP contribution in [0.2, 0.25) is 5.02 Å². The lowest BCUT2D eigenvalue weighted by atomic mass is 9.86. The van der Waals surface area contributed by atoms with E-state index in [9.17, 15) is 24.9 Å². The van der Waals surface area contributed by atoms with E-state index < -0.39 is 47.6 Å². The number of methoxy groups -OCH3 is 1. The van der Waals surface area contributed by atoms with Crippen molar-refractivity contribution < 1.29 is 43.9 Å². The Bertz CT molecular complexity index is 1360. The van der Waals surface area contributed by atoms with E-state index in [0.29, 0.717) is 17.1 Å². The quantitative estimate of drug-likeness (QED) is 0.126. The van der Waals surface area contributed by atoms with Crippen LogP contribution in [0.1, 0.15) is 72.8 Å². The second-order valence-electron chi connectivity index (χ2n) is 14.0. The summed E-state index contributed by atoms with van der Waals surface area (Å²) in [4.78, 5) is 28.0. The number of benzene rings is 1. The minimum atomic E-state index is -1.46. The summed E-state index contributed by atoms with van der Waals surface area (Å²) in [5.74, 6) is -0.829. The molecule has 11 unspecified atom stereocenters. The third-order valence-corrected chi connectivity index (χ3v) is 10.3. The number of esters is 1. The molecule has 266 valence electrons. The first kappa shape index (κ1) is 38.1. The average molecular weight is 690 g/mol. The topological polar surface area (TPSA) is 138 Å². The van der Waals surface area contributed by atoms with Crippen LogP contribution in [0.4, 0.5) is 4.79 Å². The van der Waals surface area contributed by atoms with Crippen LogP contribution in [-0.4, -0.2) is 93.3 Å². The molecule has 10 nitrogen and oxygen atoms in total. The zero-order chi connectivity index (χ0) is 35.4. The van der Waals surface area contributed by atoms with E-state index >= 15 is 0 Å². The van der Waals surface area contributed by atoms with E-state index in [1.807, 2.05) is 39.0 Å². The van der Waals surface area contributed by atoms with Crippen molar-refractivity contribution in [2.24, 2.45) is 11.8 Å². The predicted molar refractivity (Wildman–Crippen MR) is 182 cm³/mol. The summed E-state index contributed by atoms with van der Waals surface area (Å²) >= 11 is 6.11. The number of epoxide rings is 1. The molecule has 3 aliphatic rings. The van der Waals surface area contributed by atoms with Crippen LogP contribution in [0.15, 0.2) is 60.2 Å². The summed E-state index contributed by atoms with van der Waals surface area (Å²) in [7, 11) is 1.70. The number of allylic oxidation sites excluding steroid dienone is 2. The molecule has 0 aliphatic carbocycles. The SMILES string of the molecule is CCC(OC)C(C)C1OC1C1N(Cc2ccc(Cl)cc2)C(=O)OC1(C)C=CC=C(C)C1OC(=O)CC(O)CCC(C)(O)C(O)C=CC1C. The first-order valence-corrected chi connectivity index (χ1v) is 17.2. The highest BCUT2D eigenvalue weighted by Crippen LogP contribution is 2.45. The van der Waals surface area contributed by atoms with Gasteiger partial charge in [0.25, 0.3) is 0 Å². The van der Waals surface area contributed by atoms with Gasteiger partial charge in [-0.25, -0.2) is 4.79 Å². The predicted octanol–water partition coefficient (Wildman–Crippen LogP) is 5.51. The van der Waals surface area contributed by atoms with E-state index in [-0.39, 0.29) is 49.4 Å². The first-order chi connectivity index (χ1) is 22.6. The second kappa shape index (κ2) is 15.9. The lowest BCUT2D eigenvalue weighted by Crippen LogP contribution is -2.47. The molecule has 4 rings (SSSR count). The number of ether oxygens (including phenoxy) is 4. The van der Waals surface area contributed by atoms with Crippen molar-refractivity contribution in [1.82, 2.24) is 4.90 Å². The number of aliphatic hydroxyl groups is 3. The summed E-state index contributed by atoms with van der Waals surface area (Å²) in [5, 5.41) is 32.3. The van der Waals surface area contributed by atoms with Crippen LogP contribution < -0.4 is 0 Å². The lowest BCUT2D eigenvalue weighted by molar-refractivity contribution is -0.151. The van der Waals surface area contributed by atoms with Crippen LogP contribution in [0, 0.1) is 11.8 Å². The number of cyclic esters (lactones) is 2. The number of hydrogen-bond acceptors (Lipinski definition) is 9. The van der Waals surface area contributed by atoms with E-state index in [4.69, 9.17) is 30.5 Å². The Morgan fingerprint density at radius 3 is 2.52 bits per heavy atom. The molecule has 3 N–H and O–H groups in total. The van der Waals surface area contributed by atoms with Crippen LogP contribution >= 0.6 is 11.6 Å². The fourth-order valence-corrected chi connectivity index (χ4v) is 7.00. The Labute approximate surface area is 289 Å². The molecule has 0 bridgehead atoms. The molecule has 2 saturated heterocycles. The second-order valence-corrected chi connectivity index (χ2v) is 14.4. The van der Waals surface area contributed by atoms with Crippen molar-refractivity contribution in [1.29, 1.82) is 0 Å². The van der Waals surface area contributed by atoms with Crippen molar-refractivity contribution >= 4 is 23.7 Å². The van der Waals surface area contributed by atoms with Gasteiger partial charge in [0.05, 0.1) is 30.3 Å². The van der Waals surface area contributed by atoms with Crippen molar-refractivity contribution in [3.63, 3.8) is 0 Å². The maximum absolute atomic E-state index is 13.5. The molecular weight excluding hydrogens is 638 g/mol. The maximum atomic E-state index is 13.5. The summed E-state index contributed by atoms with van der Waals surface area (Å²) in [6.07, 6.45) is 5.76. The zero-order valence-electron chi connectivity index (χ0n) is 29.0. The van der Waals surface area contributed by atoms with Gasteiger partial charge >= 0.3 is 12.1 Å². The average Bonchev–Trinajstić information content (AvgIpc) is 3.77. The molecule has 1 aromatic carbocycles. The highest BCUT2D eigenvalue weighted by molar-refractivity contribution is 6.30. The fraction of sp³-hybridized carbons (Fsp3) is 0.622. The van der Waals surface area contributed by atoms with Gasteiger partial charge in [-0.2, -0.15) is 0 Å². The van der Waals surface area contributed by atoms with Crippen molar-refractivity contribution in [3.8, 4) is 0 Å². The molecule has 0 aromatic heterocycles. The Hall–Kier alpha value is -2.73. The highest BCUT2D eigenvalue weighted by Gasteiger charge is 2.62. The molecule has 1 aromatic rings. The number of carbonyl (C=O) groups excluding carboxylic acids is 2. The van der Waals surface area contributed by atoms with Gasteiger partial charge in [-0.1, -0.05) is 68.8 Å². The smallest absolute Gasteiger partial charge is 0.411 e. The van der Waals surface area contributed by atoms with E-state index in [2.05, 4.69) is 13.8 Å². The van der Waals surface area contributed by atoms with E-state index in [1.54, 1.807) is 42.4 Å². The monoisotopic (exact) mass is 689 g/mol. The van der Waals surface area contributed by atoms with Crippen LogP contribution in [0.3, 0.4) is 0 Å². The number of amides is 1. The number of nitrogens with zero attached hydrogens (tertiary/aromatic N) is 1. The molecule has 11 heteroatoms. The number of rotatable bonds is 10. The van der Waals surface area contributed by atoms with Gasteiger partial charge in [-0.15, -0.1) is 0 Å². The van der Waals surface area contributed by atoms with E-state index in [0.717, 1.165) is 12.0 Å². The van der Waals surface area contributed by atoms with Gasteiger partial charge in [0.15, 0.2) is 5.60 Å². The molecular formula is C37H52ClNO9. The highest BCUT2D eigenvalue weighted by atomic mass is 35.5. The Kier molecular flexibility index (Phi) is 12.6. The standard InChI is InChI=1S/C37H52ClNO9/c1-8-28(45-7)24(4)32-33(47-32)34-37(6,48-35(43)39(34)21-25-12-14-26(38)15-13-25)18-9-10-22(2)31-23(3)11-16-29(41)36(5,44)19-17-27(40)20-30(42)46-31/h9-16,18,23-24,27-29,31-34,40-41,44H,8,17,19-21H2,1-7H3. The van der Waals surface area contributed by atoms with Gasteiger partial charge in [-0.3, -0.25) is 9.69 Å². The minimum absolute atomic E-state index is 0.00756. The van der Waals surface area contributed by atoms with E-state index in [1.165, 1.54) is 13.0 Å². The summed E-state index contributed by atoms with van der Waals surface area (Å²) in [6, 6.07) is 6.91. The molecule has 0 saturated carbocycles. The number of halogens is 1. The number of hydrogen-bond donors (Lipinski definition) is 3. The third-order valence-electron chi connectivity index (χ3n) is 10.0. The van der Waals surface area contributed by atoms with Crippen molar-refractivity contribution in [3.05, 3.63) is 70.8 Å². The molecule has 48 heavy (non-hydrogen) atoms. The van der Waals surface area contributed by atoms with Gasteiger partial charge in [0.2, 0.25) is 0 Å². The van der Waals surface area contributed by atoms with Gasteiger partial charge in [-0.05, 0) is 69.4 Å². The minimum Gasteiger partial charge on any atom is -0.457 e. The van der Waals surface area contributed by atoms with Crippen LogP contribution in [0.5, 0.6) is 0 Å². The lowest BCUT2D eigenvalue weighted by Gasteiger charge is -2.30. The summed E-state index contributed by atoms with van der Waals surface area (Å²) < 4.78 is 23.9. The van der Waals surface area contributed by atoms with Gasteiger partial charge in [0, 0.05) is 30.5 Å². The first-order valence-electron chi connectivity index (χ1n) is 16.8.